The summed E-state index contributed by atoms with van der Waals surface area (Å²) < 4.78 is 10.7. The average Bonchev–Trinajstić information content (AvgIpc) is 2.77. The van der Waals surface area contributed by atoms with Crippen molar-refractivity contribution in [3.63, 3.8) is 0 Å². The fourth-order valence-corrected chi connectivity index (χ4v) is 3.13. The highest BCUT2D eigenvalue weighted by Gasteiger charge is 2.22. The van der Waals surface area contributed by atoms with Crippen LogP contribution in [0, 0.1) is 5.92 Å². The molecule has 0 radical (unpaired) electrons. The lowest BCUT2D eigenvalue weighted by atomic mass is 9.95. The van der Waals surface area contributed by atoms with Gasteiger partial charge < -0.3 is 19.9 Å². The first kappa shape index (κ1) is 16.1. The predicted molar refractivity (Wildman–Crippen MR) is 83.8 cm³/mol. The van der Waals surface area contributed by atoms with Crippen molar-refractivity contribution >= 4 is 0 Å². The lowest BCUT2D eigenvalue weighted by Crippen LogP contribution is -2.37. The van der Waals surface area contributed by atoms with Gasteiger partial charge >= 0.3 is 0 Å². The average molecular weight is 293 g/mol. The van der Waals surface area contributed by atoms with Gasteiger partial charge in [0.05, 0.1) is 14.2 Å². The van der Waals surface area contributed by atoms with E-state index in [9.17, 15) is 5.11 Å². The molecule has 2 rings (SSSR count). The maximum absolute atomic E-state index is 9.58. The van der Waals surface area contributed by atoms with E-state index in [1.54, 1.807) is 14.2 Å². The molecule has 4 nitrogen and oxygen atoms in total. The summed E-state index contributed by atoms with van der Waals surface area (Å²) in [5, 5.41) is 13.2. The smallest absolute Gasteiger partial charge is 0.123 e. The molecule has 118 valence electrons. The standard InChI is InChI=1S/C17H27NO3/c1-20-15-8-9-17(21-2)14(10-15)11-18-16-7-5-3-4-6-13(16)12-19/h8-10,13,16,18-19H,3-7,11-12H2,1-2H3. The second-order valence-electron chi connectivity index (χ2n) is 5.75. The SMILES string of the molecule is COc1ccc(OC)c(CNC2CCCCCC2CO)c1. The largest absolute Gasteiger partial charge is 0.497 e. The van der Waals surface area contributed by atoms with Crippen LogP contribution in [0.25, 0.3) is 0 Å². The number of benzene rings is 1. The van der Waals surface area contributed by atoms with E-state index in [4.69, 9.17) is 9.47 Å². The fraction of sp³-hybridized carbons (Fsp3) is 0.647. The molecule has 0 aromatic heterocycles. The van der Waals surface area contributed by atoms with Crippen LogP contribution in [-0.4, -0.2) is 32.0 Å². The minimum absolute atomic E-state index is 0.271. The molecule has 0 bridgehead atoms. The second-order valence-corrected chi connectivity index (χ2v) is 5.75. The van der Waals surface area contributed by atoms with Crippen molar-refractivity contribution in [2.75, 3.05) is 20.8 Å². The molecule has 1 fully saturated rings. The highest BCUT2D eigenvalue weighted by Crippen LogP contribution is 2.26. The molecule has 1 saturated carbocycles. The van der Waals surface area contributed by atoms with Crippen molar-refractivity contribution in [2.45, 2.75) is 44.7 Å². The molecule has 1 aromatic rings. The van der Waals surface area contributed by atoms with Crippen LogP contribution in [0.4, 0.5) is 0 Å². The Hall–Kier alpha value is -1.26. The molecule has 2 N–H and O–H groups in total. The Morgan fingerprint density at radius 2 is 1.95 bits per heavy atom. The van der Waals surface area contributed by atoms with E-state index in [0.717, 1.165) is 36.4 Å². The van der Waals surface area contributed by atoms with Crippen LogP contribution in [-0.2, 0) is 6.54 Å². The van der Waals surface area contributed by atoms with Gasteiger partial charge in [0.1, 0.15) is 11.5 Å². The molecule has 0 saturated heterocycles. The van der Waals surface area contributed by atoms with Gasteiger partial charge in [-0.3, -0.25) is 0 Å². The van der Waals surface area contributed by atoms with Crippen molar-refractivity contribution < 1.29 is 14.6 Å². The zero-order valence-electron chi connectivity index (χ0n) is 13.1. The van der Waals surface area contributed by atoms with Gasteiger partial charge in [-0.2, -0.15) is 0 Å². The summed E-state index contributed by atoms with van der Waals surface area (Å²) in [6, 6.07) is 6.24. The molecule has 2 atom stereocenters. The Bertz CT molecular complexity index is 436. The number of aliphatic hydroxyl groups excluding tert-OH is 1. The Kier molecular flexibility index (Phi) is 6.33. The lowest BCUT2D eigenvalue weighted by Gasteiger charge is -2.25. The van der Waals surface area contributed by atoms with Crippen LogP contribution in [0.5, 0.6) is 11.5 Å². The van der Waals surface area contributed by atoms with Gasteiger partial charge in [-0.1, -0.05) is 19.3 Å². The third-order valence-electron chi connectivity index (χ3n) is 4.44. The normalized spacial score (nSPS) is 22.6. The number of methoxy groups -OCH3 is 2. The molecule has 1 aliphatic rings. The highest BCUT2D eigenvalue weighted by molar-refractivity contribution is 5.40. The maximum Gasteiger partial charge on any atom is 0.123 e. The van der Waals surface area contributed by atoms with E-state index in [1.807, 2.05) is 18.2 Å². The first-order chi connectivity index (χ1) is 10.3. The van der Waals surface area contributed by atoms with Crippen LogP contribution in [0.15, 0.2) is 18.2 Å². The molecular formula is C17H27NO3. The van der Waals surface area contributed by atoms with Gasteiger partial charge in [0, 0.05) is 24.8 Å². The second kappa shape index (κ2) is 8.25. The van der Waals surface area contributed by atoms with Gasteiger partial charge in [-0.15, -0.1) is 0 Å². The summed E-state index contributed by atoms with van der Waals surface area (Å²) in [6.07, 6.45) is 5.99. The third kappa shape index (κ3) is 4.35. The Labute approximate surface area is 127 Å². The van der Waals surface area contributed by atoms with E-state index >= 15 is 0 Å². The number of ether oxygens (including phenoxy) is 2. The Balaban J connectivity index is 2.03. The van der Waals surface area contributed by atoms with Crippen LogP contribution in [0.1, 0.15) is 37.7 Å². The Morgan fingerprint density at radius 3 is 2.67 bits per heavy atom. The van der Waals surface area contributed by atoms with E-state index in [2.05, 4.69) is 5.32 Å². The summed E-state index contributed by atoms with van der Waals surface area (Å²) in [7, 11) is 3.36. The minimum atomic E-state index is 0.271. The van der Waals surface area contributed by atoms with Crippen molar-refractivity contribution in [1.29, 1.82) is 0 Å². The quantitative estimate of drug-likeness (QED) is 0.792. The van der Waals surface area contributed by atoms with E-state index < -0.39 is 0 Å². The lowest BCUT2D eigenvalue weighted by molar-refractivity contribution is 0.181. The number of aliphatic hydroxyl groups is 1. The summed E-state index contributed by atoms with van der Waals surface area (Å²) >= 11 is 0. The van der Waals surface area contributed by atoms with Gasteiger partial charge in [0.25, 0.3) is 0 Å². The van der Waals surface area contributed by atoms with E-state index in [0.29, 0.717) is 12.0 Å². The van der Waals surface area contributed by atoms with Crippen LogP contribution < -0.4 is 14.8 Å². The molecule has 0 spiro atoms. The first-order valence-corrected chi connectivity index (χ1v) is 7.83. The van der Waals surface area contributed by atoms with Crippen LogP contribution >= 0.6 is 0 Å². The number of hydrogen-bond donors (Lipinski definition) is 2. The molecule has 1 aromatic carbocycles. The molecule has 0 aliphatic heterocycles. The summed E-state index contributed by atoms with van der Waals surface area (Å²) in [5.41, 5.74) is 1.10. The van der Waals surface area contributed by atoms with Crippen LogP contribution in [0.3, 0.4) is 0 Å². The topological polar surface area (TPSA) is 50.7 Å². The minimum Gasteiger partial charge on any atom is -0.497 e. The number of rotatable bonds is 6. The van der Waals surface area contributed by atoms with Gasteiger partial charge in [-0.25, -0.2) is 0 Å². The van der Waals surface area contributed by atoms with Crippen molar-refractivity contribution in [3.8, 4) is 11.5 Å². The van der Waals surface area contributed by atoms with E-state index in [1.165, 1.54) is 19.3 Å². The van der Waals surface area contributed by atoms with Crippen molar-refractivity contribution in [2.24, 2.45) is 5.92 Å². The van der Waals surface area contributed by atoms with Crippen molar-refractivity contribution in [1.82, 2.24) is 5.32 Å². The molecule has 0 heterocycles. The molecule has 21 heavy (non-hydrogen) atoms. The summed E-state index contributed by atoms with van der Waals surface area (Å²) in [6.45, 7) is 1.01. The zero-order chi connectivity index (χ0) is 15.1. The first-order valence-electron chi connectivity index (χ1n) is 7.83. The van der Waals surface area contributed by atoms with Gasteiger partial charge in [0.2, 0.25) is 0 Å². The summed E-state index contributed by atoms with van der Waals surface area (Å²) in [5.74, 6) is 2.08. The molecule has 1 aliphatic carbocycles. The van der Waals surface area contributed by atoms with E-state index in [-0.39, 0.29) is 6.61 Å². The van der Waals surface area contributed by atoms with Gasteiger partial charge in [0.15, 0.2) is 0 Å². The monoisotopic (exact) mass is 293 g/mol. The zero-order valence-corrected chi connectivity index (χ0v) is 13.1. The number of hydrogen-bond acceptors (Lipinski definition) is 4. The Morgan fingerprint density at radius 1 is 1.14 bits per heavy atom. The number of nitrogens with one attached hydrogen (secondary N) is 1. The van der Waals surface area contributed by atoms with Crippen LogP contribution in [0.2, 0.25) is 0 Å². The highest BCUT2D eigenvalue weighted by atomic mass is 16.5. The molecular weight excluding hydrogens is 266 g/mol. The molecule has 4 heteroatoms. The van der Waals surface area contributed by atoms with Crippen molar-refractivity contribution in [3.05, 3.63) is 23.8 Å². The third-order valence-corrected chi connectivity index (χ3v) is 4.44. The summed E-state index contributed by atoms with van der Waals surface area (Å²) in [4.78, 5) is 0. The maximum atomic E-state index is 9.58. The van der Waals surface area contributed by atoms with Gasteiger partial charge in [-0.05, 0) is 37.0 Å². The molecule has 2 unspecified atom stereocenters. The predicted octanol–water partition coefficient (Wildman–Crippen LogP) is 2.73. The fourth-order valence-electron chi connectivity index (χ4n) is 3.13. The molecule has 0 amide bonds.